The van der Waals surface area contributed by atoms with Crippen LogP contribution in [0, 0.1) is 0 Å². The Kier molecular flexibility index (Phi) is 5.43. The van der Waals surface area contributed by atoms with Crippen molar-refractivity contribution in [1.82, 2.24) is 0 Å². The second-order valence-corrected chi connectivity index (χ2v) is 5.93. The molecule has 0 spiro atoms. The topological polar surface area (TPSA) is 49.7 Å². The molecule has 3 rings (SSSR count). The van der Waals surface area contributed by atoms with Gasteiger partial charge < -0.3 is 14.9 Å². The number of aliphatic hydroxyl groups is 1. The lowest BCUT2D eigenvalue weighted by Gasteiger charge is -2.10. The molecule has 0 aromatic heterocycles. The standard InChI is InChI=1S/C21H18O3S/c22-12-13-24-18-10-11-19(20(23)14-18)21(25)17-8-6-16(7-9-17)15-4-2-1-3-5-15/h1-11,14,22-23H,12-13H2. The van der Waals surface area contributed by atoms with Crippen LogP contribution in [0.25, 0.3) is 11.1 Å². The van der Waals surface area contributed by atoms with Gasteiger partial charge in [-0.3, -0.25) is 0 Å². The molecule has 0 bridgehead atoms. The van der Waals surface area contributed by atoms with Crippen LogP contribution < -0.4 is 4.74 Å². The molecule has 0 amide bonds. The number of phenols is 1. The number of hydrogen-bond acceptors (Lipinski definition) is 4. The molecule has 3 aromatic carbocycles. The van der Waals surface area contributed by atoms with Gasteiger partial charge in [0.15, 0.2) is 0 Å². The van der Waals surface area contributed by atoms with E-state index in [9.17, 15) is 5.11 Å². The summed E-state index contributed by atoms with van der Waals surface area (Å²) in [6.07, 6.45) is 0. The Hall–Kier alpha value is -2.69. The van der Waals surface area contributed by atoms with Crippen molar-refractivity contribution in [2.24, 2.45) is 0 Å². The first kappa shape index (κ1) is 17.1. The van der Waals surface area contributed by atoms with Gasteiger partial charge in [0.05, 0.1) is 11.5 Å². The highest BCUT2D eigenvalue weighted by Crippen LogP contribution is 2.27. The number of hydrogen-bond donors (Lipinski definition) is 2. The molecule has 2 N–H and O–H groups in total. The number of benzene rings is 3. The van der Waals surface area contributed by atoms with Crippen molar-refractivity contribution in [3.8, 4) is 22.6 Å². The van der Waals surface area contributed by atoms with Gasteiger partial charge in [-0.1, -0.05) is 66.8 Å². The van der Waals surface area contributed by atoms with Gasteiger partial charge in [-0.05, 0) is 28.8 Å². The fourth-order valence-electron chi connectivity index (χ4n) is 2.56. The molecule has 0 aliphatic rings. The van der Waals surface area contributed by atoms with Gasteiger partial charge in [-0.2, -0.15) is 0 Å². The number of rotatable bonds is 6. The predicted octanol–water partition coefficient (Wildman–Crippen LogP) is 4.20. The summed E-state index contributed by atoms with van der Waals surface area (Å²) in [7, 11) is 0. The summed E-state index contributed by atoms with van der Waals surface area (Å²) in [4.78, 5) is 0.575. The molecule has 0 saturated heterocycles. The zero-order chi connectivity index (χ0) is 17.6. The van der Waals surface area contributed by atoms with E-state index in [1.54, 1.807) is 12.1 Å². The molecule has 0 radical (unpaired) electrons. The second kappa shape index (κ2) is 7.92. The van der Waals surface area contributed by atoms with Gasteiger partial charge in [0.1, 0.15) is 18.1 Å². The molecule has 25 heavy (non-hydrogen) atoms. The highest BCUT2D eigenvalue weighted by atomic mass is 32.1. The third-order valence-electron chi connectivity index (χ3n) is 3.83. The van der Waals surface area contributed by atoms with Crippen molar-refractivity contribution in [3.63, 3.8) is 0 Å². The first-order chi connectivity index (χ1) is 12.2. The Morgan fingerprint density at radius 2 is 1.56 bits per heavy atom. The lowest BCUT2D eigenvalue weighted by molar-refractivity contribution is 0.201. The summed E-state index contributed by atoms with van der Waals surface area (Å²) in [6, 6.07) is 23.1. The number of phenolic OH excluding ortho intramolecular Hbond substituents is 1. The van der Waals surface area contributed by atoms with Gasteiger partial charge in [-0.15, -0.1) is 0 Å². The molecule has 0 fully saturated rings. The minimum Gasteiger partial charge on any atom is -0.507 e. The van der Waals surface area contributed by atoms with E-state index in [0.717, 1.165) is 16.7 Å². The molecule has 0 saturated carbocycles. The van der Waals surface area contributed by atoms with Gasteiger partial charge >= 0.3 is 0 Å². The lowest BCUT2D eigenvalue weighted by atomic mass is 9.99. The van der Waals surface area contributed by atoms with Crippen molar-refractivity contribution in [1.29, 1.82) is 0 Å². The molecule has 0 unspecified atom stereocenters. The molecule has 0 atom stereocenters. The summed E-state index contributed by atoms with van der Waals surface area (Å²) >= 11 is 5.52. The van der Waals surface area contributed by atoms with Crippen molar-refractivity contribution in [2.45, 2.75) is 0 Å². The fourth-order valence-corrected chi connectivity index (χ4v) is 2.87. The predicted molar refractivity (Wildman–Crippen MR) is 103 cm³/mol. The number of thiocarbonyl (C=S) groups is 1. The maximum atomic E-state index is 10.2. The van der Waals surface area contributed by atoms with E-state index in [0.29, 0.717) is 16.2 Å². The average Bonchev–Trinajstić information content (AvgIpc) is 2.67. The van der Waals surface area contributed by atoms with Crippen molar-refractivity contribution in [3.05, 3.63) is 83.9 Å². The van der Waals surface area contributed by atoms with Crippen LogP contribution in [0.2, 0.25) is 0 Å². The summed E-state index contributed by atoms with van der Waals surface area (Å²) in [5, 5.41) is 19.0. The largest absolute Gasteiger partial charge is 0.507 e. The Morgan fingerprint density at radius 1 is 0.880 bits per heavy atom. The van der Waals surface area contributed by atoms with Gasteiger partial charge in [0.25, 0.3) is 0 Å². The molecule has 3 aromatic rings. The van der Waals surface area contributed by atoms with E-state index in [1.807, 2.05) is 42.5 Å². The van der Waals surface area contributed by atoms with Crippen LogP contribution in [0.15, 0.2) is 72.8 Å². The van der Waals surface area contributed by atoms with E-state index in [2.05, 4.69) is 12.1 Å². The highest BCUT2D eigenvalue weighted by molar-refractivity contribution is 7.81. The quantitative estimate of drug-likeness (QED) is 0.517. The normalized spacial score (nSPS) is 10.4. The van der Waals surface area contributed by atoms with E-state index in [1.165, 1.54) is 6.07 Å². The van der Waals surface area contributed by atoms with Crippen LogP contribution in [0.5, 0.6) is 11.5 Å². The first-order valence-electron chi connectivity index (χ1n) is 7.96. The van der Waals surface area contributed by atoms with E-state index in [-0.39, 0.29) is 19.0 Å². The maximum absolute atomic E-state index is 10.2. The summed E-state index contributed by atoms with van der Waals surface area (Å²) < 4.78 is 5.29. The van der Waals surface area contributed by atoms with Crippen molar-refractivity contribution in [2.75, 3.05) is 13.2 Å². The fraction of sp³-hybridized carbons (Fsp3) is 0.0952. The minimum absolute atomic E-state index is 0.0626. The van der Waals surface area contributed by atoms with Crippen molar-refractivity contribution < 1.29 is 14.9 Å². The zero-order valence-electron chi connectivity index (χ0n) is 13.6. The Balaban J connectivity index is 1.81. The van der Waals surface area contributed by atoms with E-state index < -0.39 is 0 Å². The minimum atomic E-state index is -0.0747. The third kappa shape index (κ3) is 4.05. The number of aromatic hydroxyl groups is 1. The van der Waals surface area contributed by atoms with Gasteiger partial charge in [-0.25, -0.2) is 0 Å². The summed E-state index contributed by atoms with van der Waals surface area (Å²) in [5.41, 5.74) is 3.71. The smallest absolute Gasteiger partial charge is 0.127 e. The van der Waals surface area contributed by atoms with Crippen LogP contribution in [0.4, 0.5) is 0 Å². The van der Waals surface area contributed by atoms with Crippen LogP contribution in [-0.4, -0.2) is 28.3 Å². The summed E-state index contributed by atoms with van der Waals surface area (Å²) in [5.74, 6) is 0.560. The number of ether oxygens (including phenoxy) is 1. The van der Waals surface area contributed by atoms with E-state index in [4.69, 9.17) is 22.1 Å². The zero-order valence-corrected chi connectivity index (χ0v) is 14.4. The van der Waals surface area contributed by atoms with Crippen LogP contribution >= 0.6 is 12.2 Å². The Bertz CT molecular complexity index is 858. The molecule has 0 aliphatic heterocycles. The van der Waals surface area contributed by atoms with Gasteiger partial charge in [0, 0.05) is 11.6 Å². The number of aliphatic hydroxyl groups excluding tert-OH is 1. The van der Waals surface area contributed by atoms with Gasteiger partial charge in [0.2, 0.25) is 0 Å². The molecule has 126 valence electrons. The Labute approximate surface area is 152 Å². The van der Waals surface area contributed by atoms with Crippen LogP contribution in [0.1, 0.15) is 11.1 Å². The maximum Gasteiger partial charge on any atom is 0.127 e. The highest BCUT2D eigenvalue weighted by Gasteiger charge is 2.11. The SMILES string of the molecule is OCCOc1ccc(C(=S)c2ccc(-c3ccccc3)cc2)c(O)c1. The van der Waals surface area contributed by atoms with E-state index >= 15 is 0 Å². The van der Waals surface area contributed by atoms with Crippen LogP contribution in [-0.2, 0) is 0 Å². The molecule has 0 aliphatic carbocycles. The summed E-state index contributed by atoms with van der Waals surface area (Å²) in [6.45, 7) is 0.110. The third-order valence-corrected chi connectivity index (χ3v) is 4.28. The lowest BCUT2D eigenvalue weighted by Crippen LogP contribution is -2.03. The Morgan fingerprint density at radius 3 is 2.20 bits per heavy atom. The molecular formula is C21H18O3S. The van der Waals surface area contributed by atoms with Crippen LogP contribution in [0.3, 0.4) is 0 Å². The monoisotopic (exact) mass is 350 g/mol. The first-order valence-corrected chi connectivity index (χ1v) is 8.37. The molecule has 4 heteroatoms. The molecule has 3 nitrogen and oxygen atoms in total. The second-order valence-electron chi connectivity index (χ2n) is 5.52. The molecular weight excluding hydrogens is 332 g/mol. The molecule has 0 heterocycles. The average molecular weight is 350 g/mol. The van der Waals surface area contributed by atoms with Crippen molar-refractivity contribution >= 4 is 17.1 Å².